The molecule has 2 aliphatic heterocycles. The maximum Gasteiger partial charge on any atom is 0.190 e. The van der Waals surface area contributed by atoms with E-state index in [1.165, 1.54) is 32.4 Å². The van der Waals surface area contributed by atoms with E-state index in [-0.39, 0.29) is 24.1 Å². The van der Waals surface area contributed by atoms with Gasteiger partial charge >= 0.3 is 0 Å². The summed E-state index contributed by atoms with van der Waals surface area (Å²) in [4.78, 5) is 14.6. The lowest BCUT2D eigenvalue weighted by Crippen LogP contribution is -2.51. The van der Waals surface area contributed by atoms with E-state index >= 15 is 0 Å². The van der Waals surface area contributed by atoms with Crippen molar-refractivity contribution in [3.05, 3.63) is 45.7 Å². The van der Waals surface area contributed by atoms with Crippen molar-refractivity contribution in [2.75, 3.05) is 31.1 Å². The van der Waals surface area contributed by atoms with Crippen molar-refractivity contribution < 1.29 is 0 Å². The molecular weight excluding hydrogens is 505 g/mol. The predicted molar refractivity (Wildman–Crippen MR) is 143 cm³/mol. The zero-order valence-corrected chi connectivity index (χ0v) is 22.3. The van der Waals surface area contributed by atoms with Gasteiger partial charge in [-0.25, -0.2) is 14.6 Å². The standard InChI is InChI=1S/C25H29Cl2N7.ClH/c1-16-15-33(11-8-22(16)32-9-4-3-5-10-32)23-14-29-24-21(13-28)31-34(25(24)30-23)17(2)19-7-6-18(26)12-20(19)27;/h6-7,12,14,16-17,22H,3-5,8-11,15H2,1-2H3;1H/t16-,17+,22+;/m0./s1. The summed E-state index contributed by atoms with van der Waals surface area (Å²) < 4.78 is 1.75. The molecule has 2 aliphatic rings. The lowest BCUT2D eigenvalue weighted by atomic mass is 9.91. The number of halogens is 3. The van der Waals surface area contributed by atoms with Gasteiger partial charge in [0.15, 0.2) is 11.3 Å². The number of nitriles is 1. The average molecular weight is 535 g/mol. The van der Waals surface area contributed by atoms with E-state index in [0.717, 1.165) is 30.9 Å². The fourth-order valence-electron chi connectivity index (χ4n) is 5.50. The molecule has 0 N–H and O–H groups in total. The molecule has 10 heteroatoms. The highest BCUT2D eigenvalue weighted by Gasteiger charge is 2.32. The number of piperidine rings is 2. The van der Waals surface area contributed by atoms with E-state index in [1.54, 1.807) is 23.0 Å². The summed E-state index contributed by atoms with van der Waals surface area (Å²) in [6, 6.07) is 7.98. The van der Waals surface area contributed by atoms with Gasteiger partial charge in [-0.3, -0.25) is 4.90 Å². The summed E-state index contributed by atoms with van der Waals surface area (Å²) in [5.74, 6) is 1.38. The maximum absolute atomic E-state index is 9.65. The Labute approximate surface area is 222 Å². The van der Waals surface area contributed by atoms with Gasteiger partial charge in [0.2, 0.25) is 0 Å². The Morgan fingerprint density at radius 2 is 1.91 bits per heavy atom. The summed E-state index contributed by atoms with van der Waals surface area (Å²) in [6.07, 6.45) is 6.90. The first kappa shape index (κ1) is 26.0. The number of nitrogens with zero attached hydrogens (tertiary/aromatic N) is 7. The number of aromatic nitrogens is 4. The van der Waals surface area contributed by atoms with Crippen LogP contribution in [-0.2, 0) is 0 Å². The number of hydrogen-bond acceptors (Lipinski definition) is 6. The quantitative estimate of drug-likeness (QED) is 0.425. The molecule has 7 nitrogen and oxygen atoms in total. The second-order valence-corrected chi connectivity index (χ2v) is 10.4. The third-order valence-electron chi connectivity index (χ3n) is 7.32. The molecule has 1 aromatic carbocycles. The van der Waals surface area contributed by atoms with Crippen molar-refractivity contribution in [3.8, 4) is 6.07 Å². The lowest BCUT2D eigenvalue weighted by molar-refractivity contribution is 0.106. The monoisotopic (exact) mass is 533 g/mol. The Morgan fingerprint density at radius 3 is 2.60 bits per heavy atom. The number of rotatable bonds is 4. The van der Waals surface area contributed by atoms with Crippen LogP contribution in [0.1, 0.15) is 56.8 Å². The van der Waals surface area contributed by atoms with Gasteiger partial charge in [0.1, 0.15) is 17.4 Å². The van der Waals surface area contributed by atoms with Crippen LogP contribution in [0, 0.1) is 17.2 Å². The summed E-state index contributed by atoms with van der Waals surface area (Å²) in [5.41, 5.74) is 2.24. The second kappa shape index (κ2) is 10.9. The summed E-state index contributed by atoms with van der Waals surface area (Å²) in [6.45, 7) is 8.68. The van der Waals surface area contributed by atoms with Gasteiger partial charge in [0.05, 0.1) is 12.2 Å². The largest absolute Gasteiger partial charge is 0.355 e. The molecule has 0 aliphatic carbocycles. The molecule has 3 aromatic rings. The minimum Gasteiger partial charge on any atom is -0.355 e. The van der Waals surface area contributed by atoms with Crippen LogP contribution >= 0.6 is 35.6 Å². The Kier molecular flexibility index (Phi) is 8.07. The van der Waals surface area contributed by atoms with Gasteiger partial charge in [0, 0.05) is 29.2 Å². The third kappa shape index (κ3) is 5.08. The van der Waals surface area contributed by atoms with Crippen LogP contribution in [0.25, 0.3) is 11.2 Å². The molecule has 35 heavy (non-hydrogen) atoms. The van der Waals surface area contributed by atoms with Crippen LogP contribution in [0.5, 0.6) is 0 Å². The molecule has 0 bridgehead atoms. The van der Waals surface area contributed by atoms with Gasteiger partial charge in [-0.2, -0.15) is 10.4 Å². The smallest absolute Gasteiger partial charge is 0.190 e. The van der Waals surface area contributed by atoms with E-state index in [1.807, 2.05) is 13.0 Å². The van der Waals surface area contributed by atoms with Crippen LogP contribution < -0.4 is 4.90 Å². The first-order valence-electron chi connectivity index (χ1n) is 12.1. The number of benzene rings is 1. The first-order valence-corrected chi connectivity index (χ1v) is 12.8. The highest BCUT2D eigenvalue weighted by atomic mass is 35.5. The van der Waals surface area contributed by atoms with Crippen LogP contribution in [0.4, 0.5) is 5.82 Å². The highest BCUT2D eigenvalue weighted by molar-refractivity contribution is 6.35. The zero-order chi connectivity index (χ0) is 23.8. The summed E-state index contributed by atoms with van der Waals surface area (Å²) in [5, 5.41) is 15.3. The molecule has 0 saturated carbocycles. The third-order valence-corrected chi connectivity index (χ3v) is 7.88. The molecule has 186 valence electrons. The molecule has 4 heterocycles. The van der Waals surface area contributed by atoms with Crippen molar-refractivity contribution >= 4 is 52.6 Å². The topological polar surface area (TPSA) is 73.9 Å². The van der Waals surface area contributed by atoms with Crippen molar-refractivity contribution in [2.45, 2.75) is 51.6 Å². The molecule has 5 rings (SSSR count). The van der Waals surface area contributed by atoms with Crippen molar-refractivity contribution in [1.82, 2.24) is 24.6 Å². The normalized spacial score (nSPS) is 22.0. The maximum atomic E-state index is 9.65. The van der Waals surface area contributed by atoms with Crippen LogP contribution in [0.2, 0.25) is 10.0 Å². The van der Waals surface area contributed by atoms with Crippen molar-refractivity contribution in [2.24, 2.45) is 5.92 Å². The van der Waals surface area contributed by atoms with Crippen LogP contribution in [-0.4, -0.2) is 56.9 Å². The van der Waals surface area contributed by atoms with Gasteiger partial charge in [-0.05, 0) is 62.9 Å². The van der Waals surface area contributed by atoms with Crippen molar-refractivity contribution in [3.63, 3.8) is 0 Å². The molecule has 2 aromatic heterocycles. The minimum atomic E-state index is -0.234. The molecule has 0 spiro atoms. The van der Waals surface area contributed by atoms with Gasteiger partial charge in [-0.15, -0.1) is 12.4 Å². The fraction of sp³-hybridized carbons (Fsp3) is 0.520. The number of fused-ring (bicyclic) bond motifs is 1. The molecule has 0 radical (unpaired) electrons. The van der Waals surface area contributed by atoms with Gasteiger partial charge in [-0.1, -0.05) is 42.6 Å². The van der Waals surface area contributed by atoms with E-state index in [0.29, 0.717) is 33.2 Å². The summed E-state index contributed by atoms with van der Waals surface area (Å²) in [7, 11) is 0. The second-order valence-electron chi connectivity index (χ2n) is 9.52. The Hall–Kier alpha value is -2.11. The molecule has 3 atom stereocenters. The average Bonchev–Trinajstić information content (AvgIpc) is 3.22. The molecular formula is C25H30Cl3N7. The predicted octanol–water partition coefficient (Wildman–Crippen LogP) is 5.74. The van der Waals surface area contributed by atoms with Crippen LogP contribution in [0.15, 0.2) is 24.4 Å². The van der Waals surface area contributed by atoms with Crippen molar-refractivity contribution in [1.29, 1.82) is 5.26 Å². The molecule has 2 saturated heterocycles. The molecule has 0 amide bonds. The van der Waals surface area contributed by atoms with Gasteiger partial charge < -0.3 is 4.90 Å². The van der Waals surface area contributed by atoms with Crippen LogP contribution in [0.3, 0.4) is 0 Å². The Morgan fingerprint density at radius 1 is 1.14 bits per heavy atom. The molecule has 0 unspecified atom stereocenters. The zero-order valence-electron chi connectivity index (χ0n) is 20.0. The van der Waals surface area contributed by atoms with E-state index in [9.17, 15) is 5.26 Å². The Bertz CT molecular complexity index is 1230. The lowest BCUT2D eigenvalue weighted by Gasteiger charge is -2.44. The number of likely N-dealkylation sites (tertiary alicyclic amines) is 1. The van der Waals surface area contributed by atoms with E-state index in [2.05, 4.69) is 32.9 Å². The number of hydrogen-bond donors (Lipinski definition) is 0. The summed E-state index contributed by atoms with van der Waals surface area (Å²) >= 11 is 12.6. The van der Waals surface area contributed by atoms with Gasteiger partial charge in [0.25, 0.3) is 0 Å². The Balaban J connectivity index is 0.00000289. The van der Waals surface area contributed by atoms with E-state index in [4.69, 9.17) is 28.2 Å². The molecule has 2 fully saturated rings. The number of anilines is 1. The highest BCUT2D eigenvalue weighted by Crippen LogP contribution is 2.32. The minimum absolute atomic E-state index is 0. The SMILES string of the molecule is C[C@H](c1ccc(Cl)cc1Cl)n1nc(C#N)c2ncc(N3CC[C@@H](N4CCCCC4)[C@@H](C)C3)nc21.Cl. The van der Waals surface area contributed by atoms with E-state index < -0.39 is 0 Å². The fourth-order valence-corrected chi connectivity index (χ4v) is 6.07. The first-order chi connectivity index (χ1) is 16.5.